The Labute approximate surface area is 176 Å². The van der Waals surface area contributed by atoms with E-state index in [0.29, 0.717) is 0 Å². The lowest BCUT2D eigenvalue weighted by atomic mass is 10.1. The third-order valence-electron chi connectivity index (χ3n) is 3.87. The summed E-state index contributed by atoms with van der Waals surface area (Å²) >= 11 is 0. The molecule has 0 amide bonds. The first-order valence-electron chi connectivity index (χ1n) is 8.05. The number of fused-ring (bicyclic) bond motifs is 1. The molecule has 2 unspecified atom stereocenters. The molecule has 1 fully saturated rings. The zero-order chi connectivity index (χ0) is 24.1. The Morgan fingerprint density at radius 1 is 1.03 bits per heavy atom. The number of rotatable bonds is 8. The van der Waals surface area contributed by atoms with Crippen molar-refractivity contribution in [3.63, 3.8) is 0 Å². The normalized spacial score (nSPS) is 29.0. The molecule has 0 radical (unpaired) electrons. The quantitative estimate of drug-likeness (QED) is 0.133. The van der Waals surface area contributed by atoms with Crippen molar-refractivity contribution in [3.8, 4) is 0 Å². The fourth-order valence-electron chi connectivity index (χ4n) is 2.70. The van der Waals surface area contributed by atoms with E-state index in [9.17, 15) is 33.9 Å². The van der Waals surface area contributed by atoms with Gasteiger partial charge in [-0.3, -0.25) is 9.09 Å². The van der Waals surface area contributed by atoms with Crippen LogP contribution in [-0.2, 0) is 31.6 Å². The van der Waals surface area contributed by atoms with Gasteiger partial charge in [-0.2, -0.15) is 8.62 Å². The highest BCUT2D eigenvalue weighted by Crippen LogP contribution is 2.66. The number of nitrogens with zero attached hydrogens (tertiary/aromatic N) is 4. The van der Waals surface area contributed by atoms with E-state index in [0.717, 1.165) is 17.2 Å². The molecule has 0 bridgehead atoms. The van der Waals surface area contributed by atoms with Crippen molar-refractivity contribution >= 4 is 40.4 Å². The number of phosphoric ester groups is 1. The molecule has 1 aliphatic heterocycles. The molecule has 22 heteroatoms. The van der Waals surface area contributed by atoms with E-state index in [1.807, 2.05) is 0 Å². The van der Waals surface area contributed by atoms with Crippen LogP contribution in [0.2, 0.25) is 0 Å². The first-order valence-corrected chi connectivity index (χ1v) is 12.6. The molecule has 7 atom stereocenters. The van der Waals surface area contributed by atoms with E-state index < -0.39 is 54.3 Å². The number of aromatic nitrogens is 4. The van der Waals surface area contributed by atoms with Gasteiger partial charge in [-0.15, -0.1) is 0 Å². The van der Waals surface area contributed by atoms with Crippen molar-refractivity contribution in [2.75, 3.05) is 5.73 Å². The van der Waals surface area contributed by atoms with Crippen LogP contribution in [-0.4, -0.2) is 79.0 Å². The maximum absolute atomic E-state index is 11.8. The van der Waals surface area contributed by atoms with Crippen LogP contribution in [0, 0.1) is 0 Å². The van der Waals surface area contributed by atoms with Crippen molar-refractivity contribution < 1.29 is 66.5 Å². The smallest absolute Gasteiger partial charge is 0.387 e. The van der Waals surface area contributed by atoms with Crippen molar-refractivity contribution in [2.45, 2.75) is 30.8 Å². The molecule has 0 saturated carbocycles. The standard InChI is InChI=1S/C10H16N5O14P3/c11-7-3-8(13-1-12-7)15(2-14-3)9-5(17)4(16)6(26-9)10(18)27-31(22,23)29-32(24,25)28-30(19,20)21/h1-2,4-6,9-10,16-18H,(H,22,23)(H,24,25)(H2,11,12,13)(H2,19,20,21)/t4-,5+,6-,9+,10+/m0/s1. The van der Waals surface area contributed by atoms with Gasteiger partial charge in [0.05, 0.1) is 6.33 Å². The molecule has 1 aliphatic rings. The maximum Gasteiger partial charge on any atom is 0.490 e. The maximum atomic E-state index is 11.8. The third-order valence-corrected chi connectivity index (χ3v) is 7.68. The molecule has 9 N–H and O–H groups in total. The summed E-state index contributed by atoms with van der Waals surface area (Å²) < 4.78 is 51.4. The topological polar surface area (TPSA) is 299 Å². The average Bonchev–Trinajstić information content (AvgIpc) is 3.14. The van der Waals surface area contributed by atoms with Crippen molar-refractivity contribution in [1.29, 1.82) is 0 Å². The van der Waals surface area contributed by atoms with Gasteiger partial charge in [0, 0.05) is 0 Å². The molecule has 0 spiro atoms. The highest BCUT2D eigenvalue weighted by Gasteiger charge is 2.50. The summed E-state index contributed by atoms with van der Waals surface area (Å²) in [5, 5.41) is 30.4. The molecule has 19 nitrogen and oxygen atoms in total. The molecule has 2 aromatic rings. The lowest BCUT2D eigenvalue weighted by Crippen LogP contribution is -2.39. The minimum Gasteiger partial charge on any atom is -0.387 e. The van der Waals surface area contributed by atoms with Gasteiger partial charge in [-0.05, 0) is 0 Å². The first-order chi connectivity index (χ1) is 14.6. The van der Waals surface area contributed by atoms with Gasteiger partial charge in [0.2, 0.25) is 0 Å². The largest absolute Gasteiger partial charge is 0.490 e. The number of nitrogen functional groups attached to an aromatic ring is 1. The Morgan fingerprint density at radius 3 is 2.31 bits per heavy atom. The van der Waals surface area contributed by atoms with E-state index >= 15 is 0 Å². The summed E-state index contributed by atoms with van der Waals surface area (Å²) in [5.41, 5.74) is 5.84. The van der Waals surface area contributed by atoms with Crippen LogP contribution in [0.3, 0.4) is 0 Å². The van der Waals surface area contributed by atoms with Crippen LogP contribution < -0.4 is 5.73 Å². The van der Waals surface area contributed by atoms with Crippen LogP contribution in [0.25, 0.3) is 11.2 Å². The lowest BCUT2D eigenvalue weighted by molar-refractivity contribution is -0.160. The zero-order valence-electron chi connectivity index (χ0n) is 15.2. The van der Waals surface area contributed by atoms with Gasteiger partial charge in [-0.1, -0.05) is 0 Å². The fourth-order valence-corrected chi connectivity index (χ4v) is 5.76. The summed E-state index contributed by atoms with van der Waals surface area (Å²) in [5.74, 6) is -0.00831. The second-order valence-electron chi connectivity index (χ2n) is 6.14. The van der Waals surface area contributed by atoms with Crippen molar-refractivity contribution in [2.24, 2.45) is 0 Å². The van der Waals surface area contributed by atoms with Gasteiger partial charge in [0.15, 0.2) is 24.0 Å². The number of ether oxygens (including phenoxy) is 1. The summed E-state index contributed by atoms with van der Waals surface area (Å²) in [6, 6.07) is 0. The Balaban J connectivity index is 1.75. The second kappa shape index (κ2) is 8.75. The van der Waals surface area contributed by atoms with Gasteiger partial charge < -0.3 is 45.4 Å². The number of nitrogens with two attached hydrogens (primary N) is 1. The molecule has 0 aliphatic carbocycles. The van der Waals surface area contributed by atoms with E-state index in [-0.39, 0.29) is 17.0 Å². The predicted octanol–water partition coefficient (Wildman–Crippen LogP) is -2.31. The summed E-state index contributed by atoms with van der Waals surface area (Å²) in [4.78, 5) is 47.1. The second-order valence-corrected chi connectivity index (χ2v) is 10.5. The van der Waals surface area contributed by atoms with Gasteiger partial charge in [-0.25, -0.2) is 28.6 Å². The van der Waals surface area contributed by atoms with Crippen LogP contribution in [0.1, 0.15) is 6.23 Å². The Bertz CT molecular complexity index is 1140. The van der Waals surface area contributed by atoms with Gasteiger partial charge >= 0.3 is 23.5 Å². The Morgan fingerprint density at radius 2 is 1.69 bits per heavy atom. The molecular formula is C10H16N5O14P3. The molecule has 3 rings (SSSR count). The number of hydrogen-bond donors (Lipinski definition) is 8. The molecular weight excluding hydrogens is 507 g/mol. The number of aliphatic hydroxyl groups excluding tert-OH is 3. The molecule has 32 heavy (non-hydrogen) atoms. The zero-order valence-corrected chi connectivity index (χ0v) is 17.9. The Kier molecular flexibility index (Phi) is 6.90. The van der Waals surface area contributed by atoms with Crippen molar-refractivity contribution in [3.05, 3.63) is 12.7 Å². The van der Waals surface area contributed by atoms with E-state index in [1.54, 1.807) is 0 Å². The van der Waals surface area contributed by atoms with E-state index in [4.69, 9.17) is 25.2 Å². The fraction of sp³-hybridized carbons (Fsp3) is 0.500. The third kappa shape index (κ3) is 5.56. The van der Waals surface area contributed by atoms with Crippen LogP contribution in [0.4, 0.5) is 5.82 Å². The van der Waals surface area contributed by atoms with Crippen LogP contribution >= 0.6 is 23.5 Å². The number of hydrogen-bond acceptors (Lipinski definition) is 14. The number of aliphatic hydroxyl groups is 3. The molecule has 3 heterocycles. The summed E-state index contributed by atoms with van der Waals surface area (Å²) in [7, 11) is -17.2. The summed E-state index contributed by atoms with van der Waals surface area (Å²) in [6.45, 7) is 0. The lowest BCUT2D eigenvalue weighted by Gasteiger charge is -2.23. The average molecular weight is 523 g/mol. The number of imidazole rings is 1. The first kappa shape index (κ1) is 25.2. The SMILES string of the molecule is Nc1ncnc2c1ncn2[C@@H]1O[C@H]([C@H](O)OP(=O)(O)OP(=O)(O)OP(=O)(O)O)[C@@H](O)[C@H]1O. The van der Waals surface area contributed by atoms with E-state index in [1.165, 1.54) is 0 Å². The minimum atomic E-state index is -5.84. The molecule has 180 valence electrons. The highest BCUT2D eigenvalue weighted by molar-refractivity contribution is 7.66. The number of phosphoric acid groups is 3. The van der Waals surface area contributed by atoms with Gasteiger partial charge in [0.25, 0.3) is 0 Å². The highest BCUT2D eigenvalue weighted by atomic mass is 31.3. The summed E-state index contributed by atoms with van der Waals surface area (Å²) in [6.07, 6.45) is -7.48. The molecule has 2 aromatic heterocycles. The van der Waals surface area contributed by atoms with E-state index in [2.05, 4.69) is 28.1 Å². The van der Waals surface area contributed by atoms with Gasteiger partial charge in [0.1, 0.15) is 30.2 Å². The van der Waals surface area contributed by atoms with Crippen molar-refractivity contribution in [1.82, 2.24) is 19.5 Å². The monoisotopic (exact) mass is 523 g/mol. The van der Waals surface area contributed by atoms with Crippen LogP contribution in [0.5, 0.6) is 0 Å². The Hall–Kier alpha value is -1.40. The predicted molar refractivity (Wildman–Crippen MR) is 96.6 cm³/mol. The van der Waals surface area contributed by atoms with Crippen LogP contribution in [0.15, 0.2) is 12.7 Å². The minimum absolute atomic E-state index is 0.00831. The molecule has 0 aromatic carbocycles. The number of anilines is 1. The molecule has 1 saturated heterocycles.